The van der Waals surface area contributed by atoms with E-state index in [1.54, 1.807) is 0 Å². The van der Waals surface area contributed by atoms with Crippen molar-refractivity contribution in [2.24, 2.45) is 5.92 Å². The van der Waals surface area contributed by atoms with Crippen LogP contribution in [-0.4, -0.2) is 61.3 Å². The van der Waals surface area contributed by atoms with Crippen LogP contribution < -0.4 is 0 Å². The molecule has 3 atom stereocenters. The molecule has 0 amide bonds. The molecule has 0 bridgehead atoms. The number of rotatable bonds is 10. The molecule has 0 aromatic heterocycles. The molecule has 1 saturated carbocycles. The predicted molar refractivity (Wildman–Crippen MR) is 140 cm³/mol. The number of halogens is 5. The topological polar surface area (TPSA) is 115 Å². The molecule has 1 aliphatic rings. The highest BCUT2D eigenvalue weighted by Gasteiger charge is 2.54. The summed E-state index contributed by atoms with van der Waals surface area (Å²) in [5.41, 5.74) is -1.77. The van der Waals surface area contributed by atoms with Crippen LogP contribution in [0, 0.1) is 17.6 Å². The summed E-state index contributed by atoms with van der Waals surface area (Å²) in [5, 5.41) is 0. The van der Waals surface area contributed by atoms with Crippen molar-refractivity contribution in [2.45, 2.75) is 41.1 Å². The summed E-state index contributed by atoms with van der Waals surface area (Å²) >= 11 is 0. The van der Waals surface area contributed by atoms with E-state index in [1.165, 1.54) is 6.08 Å². The maximum Gasteiger partial charge on any atom is 0.416 e. The molecule has 0 heterocycles. The third-order valence-electron chi connectivity index (χ3n) is 7.01. The average molecular weight is 646 g/mol. The molecule has 1 aliphatic carbocycles. The van der Waals surface area contributed by atoms with Crippen LogP contribution in [0.4, 0.5) is 22.0 Å². The van der Waals surface area contributed by atoms with Gasteiger partial charge in [0.05, 0.1) is 29.6 Å². The molecule has 0 N–H and O–H groups in total. The third kappa shape index (κ3) is 7.16. The minimum absolute atomic E-state index is 0.230. The number of benzene rings is 2. The van der Waals surface area contributed by atoms with Gasteiger partial charge < -0.3 is 0 Å². The van der Waals surface area contributed by atoms with Gasteiger partial charge in [-0.2, -0.15) is 25.9 Å². The number of sulfonamides is 1. The van der Waals surface area contributed by atoms with Crippen molar-refractivity contribution < 1.29 is 51.4 Å². The van der Waals surface area contributed by atoms with E-state index in [1.807, 2.05) is 0 Å². The van der Waals surface area contributed by atoms with Crippen LogP contribution in [0.3, 0.4) is 0 Å². The molecule has 16 heteroatoms. The minimum atomic E-state index is -4.83. The Kier molecular flexibility index (Phi) is 9.45. The van der Waals surface area contributed by atoms with Crippen LogP contribution in [0.1, 0.15) is 30.4 Å². The van der Waals surface area contributed by atoms with Crippen LogP contribution in [0.2, 0.25) is 0 Å². The Hall–Kier alpha value is -2.40. The summed E-state index contributed by atoms with van der Waals surface area (Å²) in [6, 6.07) is 3.53. The second-order valence-electron chi connectivity index (χ2n) is 9.82. The molecule has 2 aromatic carbocycles. The number of sulfone groups is 1. The van der Waals surface area contributed by atoms with Gasteiger partial charge in [0.2, 0.25) is 10.0 Å². The van der Waals surface area contributed by atoms with E-state index in [0.29, 0.717) is 36.4 Å². The number of hydrogen-bond acceptors (Lipinski definition) is 7. The third-order valence-corrected chi connectivity index (χ3v) is 11.4. The van der Waals surface area contributed by atoms with Crippen LogP contribution >= 0.6 is 0 Å². The molecule has 228 valence electrons. The first kappa shape index (κ1) is 33.1. The Balaban J connectivity index is 2.27. The summed E-state index contributed by atoms with van der Waals surface area (Å²) in [6.45, 7) is 2.57. The first-order valence-corrected chi connectivity index (χ1v) is 17.2. The lowest BCUT2D eigenvalue weighted by atomic mass is 9.74. The molecule has 8 nitrogen and oxygen atoms in total. The van der Waals surface area contributed by atoms with E-state index < -0.39 is 100.0 Å². The Morgan fingerprint density at radius 1 is 1.02 bits per heavy atom. The van der Waals surface area contributed by atoms with Gasteiger partial charge in [-0.1, -0.05) is 6.08 Å². The van der Waals surface area contributed by atoms with Gasteiger partial charge in [0.15, 0.2) is 9.84 Å². The normalized spacial score (nSPS) is 22.5. The molecular formula is C25H28F5NO7S3. The van der Waals surface area contributed by atoms with Crippen LogP contribution in [-0.2, 0) is 45.1 Å². The smallest absolute Gasteiger partial charge is 0.270 e. The Labute approximate surface area is 235 Å². The van der Waals surface area contributed by atoms with Crippen molar-refractivity contribution in [2.75, 3.05) is 25.7 Å². The van der Waals surface area contributed by atoms with Crippen LogP contribution in [0.5, 0.6) is 0 Å². The fraction of sp³-hybridized carbons (Fsp3) is 0.440. The van der Waals surface area contributed by atoms with Crippen molar-refractivity contribution in [1.82, 2.24) is 4.31 Å². The van der Waals surface area contributed by atoms with E-state index in [-0.39, 0.29) is 13.0 Å². The minimum Gasteiger partial charge on any atom is -0.270 e. The van der Waals surface area contributed by atoms with Crippen LogP contribution in [0.15, 0.2) is 60.0 Å². The standard InChI is InChI=1S/C25H28F5NO7S3/c1-4-13-31(39(2,32)33)23-11-12-24(15-17(23)16-38-40(3,34)35,21-14-19(26)7-10-22(21)27)41(36,37)20-8-5-18(6-9-20)25(28,29)30/h4-10,14,17,23H,1,11-13,15-16H2,2-3H3. The highest BCUT2D eigenvalue weighted by molar-refractivity contribution is 7.92. The van der Waals surface area contributed by atoms with Crippen molar-refractivity contribution in [3.8, 4) is 0 Å². The lowest BCUT2D eigenvalue weighted by Crippen LogP contribution is -2.53. The Bertz CT molecular complexity index is 1610. The lowest BCUT2D eigenvalue weighted by Gasteiger charge is -2.46. The Morgan fingerprint density at radius 3 is 2.15 bits per heavy atom. The molecular weight excluding hydrogens is 617 g/mol. The fourth-order valence-corrected chi connectivity index (χ4v) is 8.99. The van der Waals surface area contributed by atoms with Gasteiger partial charge in [0, 0.05) is 24.1 Å². The molecule has 2 aromatic rings. The summed E-state index contributed by atoms with van der Waals surface area (Å²) in [7, 11) is -12.9. The summed E-state index contributed by atoms with van der Waals surface area (Å²) in [4.78, 5) is -0.624. The molecule has 0 spiro atoms. The van der Waals surface area contributed by atoms with Crippen molar-refractivity contribution in [3.05, 3.63) is 77.9 Å². The predicted octanol–water partition coefficient (Wildman–Crippen LogP) is 4.25. The summed E-state index contributed by atoms with van der Waals surface area (Å²) in [6.07, 6.45) is -3.32. The molecule has 0 saturated heterocycles. The highest BCUT2D eigenvalue weighted by atomic mass is 32.2. The zero-order valence-electron chi connectivity index (χ0n) is 21.9. The van der Waals surface area contributed by atoms with Gasteiger partial charge in [-0.3, -0.25) is 4.18 Å². The second kappa shape index (κ2) is 11.7. The van der Waals surface area contributed by atoms with E-state index >= 15 is 4.39 Å². The molecule has 41 heavy (non-hydrogen) atoms. The van der Waals surface area contributed by atoms with Crippen molar-refractivity contribution in [3.63, 3.8) is 0 Å². The van der Waals surface area contributed by atoms with Crippen molar-refractivity contribution in [1.29, 1.82) is 0 Å². The first-order valence-electron chi connectivity index (χ1n) is 12.0. The van der Waals surface area contributed by atoms with E-state index in [9.17, 15) is 42.8 Å². The van der Waals surface area contributed by atoms with Gasteiger partial charge >= 0.3 is 6.18 Å². The molecule has 0 aliphatic heterocycles. The molecule has 0 radical (unpaired) electrons. The van der Waals surface area contributed by atoms with E-state index in [2.05, 4.69) is 6.58 Å². The van der Waals surface area contributed by atoms with Crippen LogP contribution in [0.25, 0.3) is 0 Å². The zero-order valence-corrected chi connectivity index (χ0v) is 24.4. The molecule has 3 rings (SSSR count). The highest BCUT2D eigenvalue weighted by Crippen LogP contribution is 2.51. The SMILES string of the molecule is C=CCN(C1CCC(c2cc(F)ccc2F)(S(=O)(=O)c2ccc(C(F)(F)F)cc2)CC1COS(C)(=O)=O)S(C)(=O)=O. The quantitative estimate of drug-likeness (QED) is 0.216. The maximum absolute atomic E-state index is 15.3. The summed E-state index contributed by atoms with van der Waals surface area (Å²) < 4.78 is 150. The monoisotopic (exact) mass is 645 g/mol. The summed E-state index contributed by atoms with van der Waals surface area (Å²) in [5.74, 6) is -3.34. The second-order valence-corrected chi connectivity index (χ2v) is 15.7. The lowest BCUT2D eigenvalue weighted by molar-refractivity contribution is -0.137. The maximum atomic E-state index is 15.3. The van der Waals surface area contributed by atoms with Gasteiger partial charge in [0.25, 0.3) is 10.1 Å². The average Bonchev–Trinajstić information content (AvgIpc) is 2.86. The van der Waals surface area contributed by atoms with Crippen molar-refractivity contribution >= 4 is 30.0 Å². The zero-order chi connectivity index (χ0) is 31.0. The Morgan fingerprint density at radius 2 is 1.63 bits per heavy atom. The van der Waals surface area contributed by atoms with Gasteiger partial charge in [-0.25, -0.2) is 25.6 Å². The van der Waals surface area contributed by atoms with E-state index in [4.69, 9.17) is 4.18 Å². The first-order chi connectivity index (χ1) is 18.7. The van der Waals surface area contributed by atoms with Gasteiger partial charge in [-0.05, 0) is 61.7 Å². The number of nitrogens with zero attached hydrogens (tertiary/aromatic N) is 1. The van der Waals surface area contributed by atoms with Gasteiger partial charge in [0.1, 0.15) is 16.4 Å². The number of hydrogen-bond donors (Lipinski definition) is 0. The fourth-order valence-electron chi connectivity index (χ4n) is 5.21. The number of alkyl halides is 3. The molecule has 1 fully saturated rings. The van der Waals surface area contributed by atoms with E-state index in [0.717, 1.165) is 22.9 Å². The largest absolute Gasteiger partial charge is 0.416 e. The molecule has 3 unspecified atom stereocenters. The van der Waals surface area contributed by atoms with Gasteiger partial charge in [-0.15, -0.1) is 6.58 Å².